The number of pyridine rings is 1. The summed E-state index contributed by atoms with van der Waals surface area (Å²) in [5.74, 6) is -0.291. The highest BCUT2D eigenvalue weighted by Gasteiger charge is 2.28. The molecule has 3 rings (SSSR count). The van der Waals surface area contributed by atoms with Gasteiger partial charge in [0.15, 0.2) is 0 Å². The van der Waals surface area contributed by atoms with E-state index < -0.39 is 11.3 Å². The first-order chi connectivity index (χ1) is 14.5. The Morgan fingerprint density at radius 1 is 1.07 bits per heavy atom. The molecule has 2 heterocycles. The number of piperidine rings is 1. The Balaban J connectivity index is 1.85. The summed E-state index contributed by atoms with van der Waals surface area (Å²) in [6.07, 6.45) is 5.75. The lowest BCUT2D eigenvalue weighted by molar-refractivity contribution is 0.0710. The van der Waals surface area contributed by atoms with Crippen molar-refractivity contribution in [2.24, 2.45) is 0 Å². The molecule has 1 aromatic carbocycles. The smallest absolute Gasteiger partial charge is 0.259 e. The number of aromatic nitrogens is 1. The highest BCUT2D eigenvalue weighted by atomic mass is 16.2. The summed E-state index contributed by atoms with van der Waals surface area (Å²) >= 11 is 0. The maximum absolute atomic E-state index is 13.2. The van der Waals surface area contributed by atoms with Gasteiger partial charge in [-0.25, -0.2) is 0 Å². The van der Waals surface area contributed by atoms with Crippen molar-refractivity contribution in [2.45, 2.75) is 52.0 Å². The minimum absolute atomic E-state index is 0.0298. The van der Waals surface area contributed by atoms with Gasteiger partial charge in [-0.05, 0) is 44.6 Å². The molecule has 1 saturated heterocycles. The van der Waals surface area contributed by atoms with Crippen LogP contribution in [0.4, 0.5) is 0 Å². The summed E-state index contributed by atoms with van der Waals surface area (Å²) in [6.45, 7) is 7.47. The molecule has 30 heavy (non-hydrogen) atoms. The van der Waals surface area contributed by atoms with Crippen molar-refractivity contribution < 1.29 is 9.59 Å². The summed E-state index contributed by atoms with van der Waals surface area (Å²) in [5, 5.41) is 2.68. The van der Waals surface area contributed by atoms with Crippen molar-refractivity contribution in [2.75, 3.05) is 19.6 Å². The highest BCUT2D eigenvalue weighted by molar-refractivity contribution is 5.99. The zero-order valence-electron chi connectivity index (χ0n) is 18.1. The van der Waals surface area contributed by atoms with Gasteiger partial charge in [0.05, 0.1) is 0 Å². The van der Waals surface area contributed by atoms with E-state index in [0.29, 0.717) is 25.6 Å². The minimum atomic E-state index is -0.490. The molecule has 6 heteroatoms. The standard InChI is InChI=1S/C24H31N3O3/c1-4-17(3)27-15-20(23(29)25-5-2)22(28)21(16-27)24(30)26-13-11-19(12-14-26)18-9-7-6-8-10-18/h6-10,15-17,19H,4-5,11-14H2,1-3H3,(H,25,29)/t17-/m0/s1. The van der Waals surface area contributed by atoms with Crippen molar-refractivity contribution in [1.82, 2.24) is 14.8 Å². The first-order valence-corrected chi connectivity index (χ1v) is 10.8. The quantitative estimate of drug-likeness (QED) is 0.793. The number of nitrogens with one attached hydrogen (secondary N) is 1. The molecule has 0 bridgehead atoms. The average Bonchev–Trinajstić information content (AvgIpc) is 2.79. The zero-order chi connectivity index (χ0) is 21.7. The molecule has 0 saturated carbocycles. The summed E-state index contributed by atoms with van der Waals surface area (Å²) in [4.78, 5) is 40.4. The molecule has 0 spiro atoms. The number of amides is 2. The van der Waals surface area contributed by atoms with Crippen molar-refractivity contribution in [3.8, 4) is 0 Å². The van der Waals surface area contributed by atoms with Crippen LogP contribution in [0.15, 0.2) is 47.5 Å². The minimum Gasteiger partial charge on any atom is -0.352 e. The van der Waals surface area contributed by atoms with Gasteiger partial charge in [-0.2, -0.15) is 0 Å². The second-order valence-electron chi connectivity index (χ2n) is 7.96. The number of hydrogen-bond acceptors (Lipinski definition) is 3. The van der Waals surface area contributed by atoms with Gasteiger partial charge in [-0.3, -0.25) is 14.4 Å². The predicted molar refractivity (Wildman–Crippen MR) is 118 cm³/mol. The van der Waals surface area contributed by atoms with E-state index in [2.05, 4.69) is 17.4 Å². The van der Waals surface area contributed by atoms with E-state index in [0.717, 1.165) is 19.3 Å². The molecule has 160 valence electrons. The average molecular weight is 410 g/mol. The third-order valence-electron chi connectivity index (χ3n) is 6.01. The van der Waals surface area contributed by atoms with Crippen molar-refractivity contribution in [3.63, 3.8) is 0 Å². The Morgan fingerprint density at radius 2 is 1.70 bits per heavy atom. The molecule has 2 amide bonds. The topological polar surface area (TPSA) is 71.4 Å². The van der Waals surface area contributed by atoms with Crippen LogP contribution < -0.4 is 10.7 Å². The molecule has 1 N–H and O–H groups in total. The van der Waals surface area contributed by atoms with E-state index >= 15 is 0 Å². The zero-order valence-corrected chi connectivity index (χ0v) is 18.1. The Kier molecular flexibility index (Phi) is 7.08. The maximum atomic E-state index is 13.2. The number of carbonyl (C=O) groups excluding carboxylic acids is 2. The third-order valence-corrected chi connectivity index (χ3v) is 6.01. The van der Waals surface area contributed by atoms with Crippen LogP contribution in [-0.2, 0) is 0 Å². The molecule has 0 aliphatic carbocycles. The molecular weight excluding hydrogens is 378 g/mol. The SMILES string of the molecule is CCNC(=O)c1cn([C@@H](C)CC)cc(C(=O)N2CCC(c3ccccc3)CC2)c1=O. The molecule has 1 aliphatic heterocycles. The fourth-order valence-electron chi connectivity index (χ4n) is 3.94. The van der Waals surface area contributed by atoms with Crippen molar-refractivity contribution in [1.29, 1.82) is 0 Å². The van der Waals surface area contributed by atoms with Crippen molar-refractivity contribution in [3.05, 3.63) is 69.6 Å². The molecule has 1 aliphatic rings. The monoisotopic (exact) mass is 409 g/mol. The predicted octanol–water partition coefficient (Wildman–Crippen LogP) is 3.59. The fourth-order valence-corrected chi connectivity index (χ4v) is 3.94. The van der Waals surface area contributed by atoms with Gasteiger partial charge in [0, 0.05) is 38.1 Å². The van der Waals surface area contributed by atoms with E-state index in [4.69, 9.17) is 0 Å². The lowest BCUT2D eigenvalue weighted by atomic mass is 9.89. The largest absolute Gasteiger partial charge is 0.352 e. The van der Waals surface area contributed by atoms with Gasteiger partial charge in [-0.15, -0.1) is 0 Å². The van der Waals surface area contributed by atoms with E-state index in [-0.39, 0.29) is 23.1 Å². The van der Waals surface area contributed by atoms with E-state index in [1.165, 1.54) is 5.56 Å². The Bertz CT molecular complexity index is 944. The summed E-state index contributed by atoms with van der Waals surface area (Å²) in [7, 11) is 0. The van der Waals surface area contributed by atoms with Crippen LogP contribution in [0.2, 0.25) is 0 Å². The first kappa shape index (κ1) is 21.8. The number of likely N-dealkylation sites (tertiary alicyclic amines) is 1. The first-order valence-electron chi connectivity index (χ1n) is 10.8. The number of benzene rings is 1. The van der Waals surface area contributed by atoms with Crippen LogP contribution in [0.25, 0.3) is 0 Å². The van der Waals surface area contributed by atoms with Gasteiger partial charge in [0.2, 0.25) is 5.43 Å². The molecule has 1 aromatic heterocycles. The van der Waals surface area contributed by atoms with Crippen LogP contribution in [0.1, 0.15) is 78.3 Å². The summed E-state index contributed by atoms with van der Waals surface area (Å²) in [5.41, 5.74) is 0.914. The van der Waals surface area contributed by atoms with Gasteiger partial charge < -0.3 is 14.8 Å². The van der Waals surface area contributed by atoms with Crippen molar-refractivity contribution >= 4 is 11.8 Å². The fraction of sp³-hybridized carbons (Fsp3) is 0.458. The number of carbonyl (C=O) groups is 2. The second kappa shape index (κ2) is 9.74. The molecule has 0 radical (unpaired) electrons. The van der Waals surface area contributed by atoms with Gasteiger partial charge in [0.25, 0.3) is 11.8 Å². The normalized spacial score (nSPS) is 15.6. The van der Waals surface area contributed by atoms with E-state index in [1.807, 2.05) is 36.6 Å². The third kappa shape index (κ3) is 4.64. The molecule has 1 atom stereocenters. The molecule has 0 unspecified atom stereocenters. The van der Waals surface area contributed by atoms with E-state index in [9.17, 15) is 14.4 Å². The van der Waals surface area contributed by atoms with Gasteiger partial charge in [0.1, 0.15) is 11.1 Å². The van der Waals surface area contributed by atoms with Crippen LogP contribution >= 0.6 is 0 Å². The van der Waals surface area contributed by atoms with Crippen LogP contribution in [-0.4, -0.2) is 40.9 Å². The lowest BCUT2D eigenvalue weighted by Gasteiger charge is -2.32. The molecule has 1 fully saturated rings. The molecule has 2 aromatic rings. The maximum Gasteiger partial charge on any atom is 0.259 e. The van der Waals surface area contributed by atoms with E-state index in [1.54, 1.807) is 24.2 Å². The Morgan fingerprint density at radius 3 is 2.30 bits per heavy atom. The lowest BCUT2D eigenvalue weighted by Crippen LogP contribution is -2.41. The van der Waals surface area contributed by atoms with Crippen LogP contribution in [0.5, 0.6) is 0 Å². The van der Waals surface area contributed by atoms with Crippen LogP contribution in [0.3, 0.4) is 0 Å². The molecular formula is C24H31N3O3. The number of hydrogen-bond donors (Lipinski definition) is 1. The summed E-state index contributed by atoms with van der Waals surface area (Å²) in [6, 6.07) is 10.4. The van der Waals surface area contributed by atoms with Gasteiger partial charge >= 0.3 is 0 Å². The molecule has 6 nitrogen and oxygen atoms in total. The summed E-state index contributed by atoms with van der Waals surface area (Å²) < 4.78 is 1.82. The number of nitrogens with zero attached hydrogens (tertiary/aromatic N) is 2. The number of rotatable bonds is 6. The Labute approximate surface area is 177 Å². The van der Waals surface area contributed by atoms with Gasteiger partial charge in [-0.1, -0.05) is 37.3 Å². The second-order valence-corrected chi connectivity index (χ2v) is 7.96. The van der Waals surface area contributed by atoms with Crippen LogP contribution in [0, 0.1) is 0 Å². The highest BCUT2D eigenvalue weighted by Crippen LogP contribution is 2.28. The Hall–Kier alpha value is -2.89.